The molecule has 1 aromatic rings. The highest BCUT2D eigenvalue weighted by atomic mass is 35.5. The average Bonchev–Trinajstić information content (AvgIpc) is 2.90. The van der Waals surface area contributed by atoms with Gasteiger partial charge in [-0.15, -0.1) is 0 Å². The fourth-order valence-electron chi connectivity index (χ4n) is 3.25. The molecule has 2 atom stereocenters. The Morgan fingerprint density at radius 1 is 1.38 bits per heavy atom. The van der Waals surface area contributed by atoms with Crippen molar-refractivity contribution in [1.82, 2.24) is 5.01 Å². The van der Waals surface area contributed by atoms with Gasteiger partial charge in [-0.05, 0) is 31.4 Å². The summed E-state index contributed by atoms with van der Waals surface area (Å²) in [6.45, 7) is -0.776. The molecular weight excluding hydrogens is 396 g/mol. The summed E-state index contributed by atoms with van der Waals surface area (Å²) in [6.07, 6.45) is -3.43. The monoisotopic (exact) mass is 410 g/mol. The molecule has 1 heterocycles. The molecule has 1 N–H and O–H groups in total. The maximum atomic E-state index is 13.6. The number of hydrazone groups is 1. The van der Waals surface area contributed by atoms with Crippen molar-refractivity contribution in [1.29, 1.82) is 0 Å². The van der Waals surface area contributed by atoms with Crippen molar-refractivity contribution in [2.45, 2.75) is 37.6 Å². The Labute approximate surface area is 157 Å². The van der Waals surface area contributed by atoms with E-state index in [0.717, 1.165) is 0 Å². The zero-order valence-electron chi connectivity index (χ0n) is 13.4. The molecule has 0 saturated heterocycles. The molecule has 0 bridgehead atoms. The van der Waals surface area contributed by atoms with Gasteiger partial charge in [0.05, 0.1) is 10.9 Å². The normalized spacial score (nSPS) is 25.7. The van der Waals surface area contributed by atoms with Crippen LogP contribution in [0.3, 0.4) is 0 Å². The number of amides is 1. The number of halogens is 5. The van der Waals surface area contributed by atoms with Gasteiger partial charge in [0, 0.05) is 16.8 Å². The van der Waals surface area contributed by atoms with Gasteiger partial charge in [0.2, 0.25) is 0 Å². The number of hydrogen-bond donors (Lipinski definition) is 1. The Morgan fingerprint density at radius 2 is 2.12 bits per heavy atom. The summed E-state index contributed by atoms with van der Waals surface area (Å²) in [5.41, 5.74) is -3.17. The second-order valence-corrected chi connectivity index (χ2v) is 7.03. The zero-order valence-corrected chi connectivity index (χ0v) is 14.9. The van der Waals surface area contributed by atoms with Crippen LogP contribution < -0.4 is 4.74 Å². The van der Waals surface area contributed by atoms with Gasteiger partial charge < -0.3 is 9.84 Å². The Balaban J connectivity index is 1.82. The summed E-state index contributed by atoms with van der Waals surface area (Å²) in [6, 6.07) is 4.27. The van der Waals surface area contributed by atoms with Crippen LogP contribution in [0.1, 0.15) is 25.7 Å². The first-order valence-corrected chi connectivity index (χ1v) is 8.67. The fraction of sp³-hybridized carbons (Fsp3) is 0.500. The van der Waals surface area contributed by atoms with E-state index in [9.17, 15) is 23.1 Å². The van der Waals surface area contributed by atoms with E-state index in [1.807, 2.05) is 0 Å². The first-order valence-electron chi connectivity index (χ1n) is 7.92. The molecule has 1 fully saturated rings. The maximum absolute atomic E-state index is 13.6. The highest BCUT2D eigenvalue weighted by Gasteiger charge is 2.68. The number of aliphatic hydroxyl groups is 1. The lowest BCUT2D eigenvalue weighted by atomic mass is 9.80. The maximum Gasteiger partial charge on any atom is 0.439 e. The van der Waals surface area contributed by atoms with Crippen molar-refractivity contribution in [2.24, 2.45) is 11.0 Å². The Kier molecular flexibility index (Phi) is 5.11. The minimum atomic E-state index is -5.05. The minimum absolute atomic E-state index is 0.0485. The van der Waals surface area contributed by atoms with Gasteiger partial charge >= 0.3 is 6.18 Å². The number of nitrogens with zero attached hydrogens (tertiary/aromatic N) is 2. The number of carbonyl (C=O) groups is 1. The third-order valence-electron chi connectivity index (χ3n) is 4.51. The quantitative estimate of drug-likeness (QED) is 0.818. The van der Waals surface area contributed by atoms with Crippen LogP contribution in [0.15, 0.2) is 23.3 Å². The lowest BCUT2D eigenvalue weighted by Crippen LogP contribution is -2.62. The standard InChI is InChI=1S/C16H15Cl2F3N2O3/c17-9-5-6-11(18)13(7-9)26-8-14(24)23-15(25,16(19,20)21)10-3-1-2-4-12(10)22-23/h5-7,10,25H,1-4,8H2/t10-,15+/m1/s1. The van der Waals surface area contributed by atoms with Crippen molar-refractivity contribution in [3.8, 4) is 5.75 Å². The van der Waals surface area contributed by atoms with Gasteiger partial charge in [-0.3, -0.25) is 4.79 Å². The molecule has 0 spiro atoms. The molecule has 0 unspecified atom stereocenters. The summed E-state index contributed by atoms with van der Waals surface area (Å²) in [4.78, 5) is 12.4. The topological polar surface area (TPSA) is 62.1 Å². The highest BCUT2D eigenvalue weighted by molar-refractivity contribution is 6.34. The smallest absolute Gasteiger partial charge is 0.439 e. The fourth-order valence-corrected chi connectivity index (χ4v) is 3.59. The van der Waals surface area contributed by atoms with E-state index in [0.29, 0.717) is 19.3 Å². The van der Waals surface area contributed by atoms with E-state index in [1.165, 1.54) is 18.2 Å². The zero-order chi connectivity index (χ0) is 19.1. The molecule has 1 aliphatic heterocycles. The molecular formula is C16H15Cl2F3N2O3. The van der Waals surface area contributed by atoms with Gasteiger partial charge in [0.15, 0.2) is 6.61 Å². The van der Waals surface area contributed by atoms with Crippen LogP contribution in [-0.4, -0.2) is 40.2 Å². The van der Waals surface area contributed by atoms with Crippen LogP contribution in [0, 0.1) is 5.92 Å². The van der Waals surface area contributed by atoms with E-state index < -0.39 is 30.3 Å². The summed E-state index contributed by atoms with van der Waals surface area (Å²) >= 11 is 11.7. The SMILES string of the molecule is O=C(COc1cc(Cl)ccc1Cl)N1N=C2CCCC[C@H]2[C@]1(O)C(F)(F)F. The third-order valence-corrected chi connectivity index (χ3v) is 5.06. The lowest BCUT2D eigenvalue weighted by Gasteiger charge is -2.38. The first kappa shape index (κ1) is 19.3. The molecule has 0 radical (unpaired) electrons. The van der Waals surface area contributed by atoms with E-state index in [4.69, 9.17) is 27.9 Å². The second-order valence-electron chi connectivity index (χ2n) is 6.18. The predicted molar refractivity (Wildman–Crippen MR) is 89.2 cm³/mol. The van der Waals surface area contributed by atoms with Crippen molar-refractivity contribution >= 4 is 34.8 Å². The number of fused-ring (bicyclic) bond motifs is 1. The molecule has 1 aromatic carbocycles. The summed E-state index contributed by atoms with van der Waals surface area (Å²) < 4.78 is 46.0. The van der Waals surface area contributed by atoms with Crippen molar-refractivity contribution in [3.05, 3.63) is 28.2 Å². The van der Waals surface area contributed by atoms with Crippen molar-refractivity contribution in [3.63, 3.8) is 0 Å². The number of carbonyl (C=O) groups excluding carboxylic acids is 1. The van der Waals surface area contributed by atoms with Crippen LogP contribution >= 0.6 is 23.2 Å². The Morgan fingerprint density at radius 3 is 2.81 bits per heavy atom. The Bertz CT molecular complexity index is 757. The summed E-state index contributed by atoms with van der Waals surface area (Å²) in [5.74, 6) is -2.33. The van der Waals surface area contributed by atoms with Crippen LogP contribution in [0.25, 0.3) is 0 Å². The molecule has 0 aromatic heterocycles. The van der Waals surface area contributed by atoms with E-state index >= 15 is 0 Å². The molecule has 3 rings (SSSR count). The van der Waals surface area contributed by atoms with Crippen molar-refractivity contribution in [2.75, 3.05) is 6.61 Å². The molecule has 10 heteroatoms. The van der Waals surface area contributed by atoms with Crippen molar-refractivity contribution < 1.29 is 27.8 Å². The second kappa shape index (κ2) is 6.90. The van der Waals surface area contributed by atoms with Gasteiger partial charge in [0.25, 0.3) is 11.6 Å². The number of rotatable bonds is 3. The van der Waals surface area contributed by atoms with Crippen LogP contribution in [0.4, 0.5) is 13.2 Å². The largest absolute Gasteiger partial charge is 0.482 e. The van der Waals surface area contributed by atoms with E-state index in [1.54, 1.807) is 0 Å². The van der Waals surface area contributed by atoms with Gasteiger partial charge in [0.1, 0.15) is 5.75 Å². The minimum Gasteiger partial charge on any atom is -0.482 e. The summed E-state index contributed by atoms with van der Waals surface area (Å²) in [5, 5.41) is 14.7. The number of alkyl halides is 3. The number of ether oxygens (including phenoxy) is 1. The predicted octanol–water partition coefficient (Wildman–Crippen LogP) is 4.01. The van der Waals surface area contributed by atoms with E-state index in [2.05, 4.69) is 5.10 Å². The van der Waals surface area contributed by atoms with Gasteiger partial charge in [-0.2, -0.15) is 23.3 Å². The molecule has 2 aliphatic rings. The number of hydrogen-bond acceptors (Lipinski definition) is 4. The van der Waals surface area contributed by atoms with Crippen LogP contribution in [0.5, 0.6) is 5.75 Å². The molecule has 1 aliphatic carbocycles. The molecule has 1 saturated carbocycles. The molecule has 142 valence electrons. The summed E-state index contributed by atoms with van der Waals surface area (Å²) in [7, 11) is 0. The Hall–Kier alpha value is -1.51. The van der Waals surface area contributed by atoms with Gasteiger partial charge in [-0.1, -0.05) is 29.6 Å². The number of benzene rings is 1. The molecule has 1 amide bonds. The molecule has 26 heavy (non-hydrogen) atoms. The van der Waals surface area contributed by atoms with Gasteiger partial charge in [-0.25, -0.2) is 0 Å². The first-order chi connectivity index (χ1) is 12.1. The van der Waals surface area contributed by atoms with Crippen LogP contribution in [-0.2, 0) is 4.79 Å². The average molecular weight is 411 g/mol. The lowest BCUT2D eigenvalue weighted by molar-refractivity contribution is -0.317. The van der Waals surface area contributed by atoms with E-state index in [-0.39, 0.29) is 32.9 Å². The molecule has 5 nitrogen and oxygen atoms in total. The third kappa shape index (κ3) is 3.25. The highest BCUT2D eigenvalue weighted by Crippen LogP contribution is 2.48. The van der Waals surface area contributed by atoms with Crippen LogP contribution in [0.2, 0.25) is 10.0 Å².